The second kappa shape index (κ2) is 5.13. The first-order valence-corrected chi connectivity index (χ1v) is 2.00. The first-order valence-electron chi connectivity index (χ1n) is 0.667. The van der Waals surface area contributed by atoms with Crippen molar-refractivity contribution in [2.45, 2.75) is 0 Å². The summed E-state index contributed by atoms with van der Waals surface area (Å²) in [6.45, 7) is 0. The summed E-state index contributed by atoms with van der Waals surface area (Å²) in [5.41, 5.74) is 0. The minimum absolute atomic E-state index is 0. The molecular formula is HCuLiO4S. The third kappa shape index (κ3) is 178. The van der Waals surface area contributed by atoms with E-state index in [0.717, 1.165) is 0 Å². The zero-order chi connectivity index (χ0) is 4.50. The van der Waals surface area contributed by atoms with Crippen LogP contribution in [0.5, 0.6) is 0 Å². The van der Waals surface area contributed by atoms with Crippen molar-refractivity contribution in [3.05, 3.63) is 0 Å². The third-order valence-corrected chi connectivity index (χ3v) is 0. The fourth-order valence-corrected chi connectivity index (χ4v) is 0. The van der Waals surface area contributed by atoms with E-state index in [1.807, 2.05) is 0 Å². The van der Waals surface area contributed by atoms with E-state index in [9.17, 15) is 0 Å². The molecule has 0 fully saturated rings. The van der Waals surface area contributed by atoms with Crippen molar-refractivity contribution >= 4 is 10.4 Å². The number of rotatable bonds is 0. The molecule has 0 spiro atoms. The van der Waals surface area contributed by atoms with Gasteiger partial charge in [-0.2, -0.15) is 0 Å². The maximum Gasteiger partial charge on any atom is 2.00 e. The maximum absolute atomic E-state index is 8.52. The van der Waals surface area contributed by atoms with Crippen LogP contribution in [-0.2, 0) is 27.5 Å². The molecule has 43 valence electrons. The van der Waals surface area contributed by atoms with Gasteiger partial charge in [-0.15, -0.1) is 0 Å². The summed E-state index contributed by atoms with van der Waals surface area (Å²) >= 11 is 0. The van der Waals surface area contributed by atoms with Crippen LogP contribution in [0.3, 0.4) is 0 Å². The molecule has 4 nitrogen and oxygen atoms in total. The fraction of sp³-hybridized carbons (Fsp3) is 0. The Kier molecular flexibility index (Phi) is 11.5. The molecule has 0 heterocycles. The van der Waals surface area contributed by atoms with Crippen LogP contribution in [0.2, 0.25) is 0 Å². The fourth-order valence-electron chi connectivity index (χ4n) is 0. The summed E-state index contributed by atoms with van der Waals surface area (Å²) in [6, 6.07) is 0. The molecule has 0 rings (SSSR count). The molecule has 0 amide bonds. The van der Waals surface area contributed by atoms with Crippen LogP contribution in [0.4, 0.5) is 0 Å². The molecule has 0 aromatic heterocycles. The molecule has 7 heteroatoms. The Morgan fingerprint density at radius 1 is 1.29 bits per heavy atom. The van der Waals surface area contributed by atoms with Crippen LogP contribution < -0.4 is 18.9 Å². The van der Waals surface area contributed by atoms with E-state index in [-0.39, 0.29) is 37.4 Å². The van der Waals surface area contributed by atoms with E-state index in [2.05, 4.69) is 0 Å². The zero-order valence-electron chi connectivity index (χ0n) is 4.34. The van der Waals surface area contributed by atoms with Crippen molar-refractivity contribution in [1.82, 2.24) is 0 Å². The summed E-state index contributed by atoms with van der Waals surface area (Å²) < 4.78 is 34.1. The van der Waals surface area contributed by atoms with Crippen molar-refractivity contribution in [3.63, 3.8) is 0 Å². The van der Waals surface area contributed by atoms with Crippen molar-refractivity contribution < 1.29 is 54.9 Å². The van der Waals surface area contributed by atoms with Crippen molar-refractivity contribution in [1.29, 1.82) is 0 Å². The topological polar surface area (TPSA) is 80.3 Å². The second-order valence-electron chi connectivity index (χ2n) is 0.408. The van der Waals surface area contributed by atoms with Gasteiger partial charge in [0.25, 0.3) is 0 Å². The molecule has 0 aliphatic rings. The molecule has 0 N–H and O–H groups in total. The van der Waals surface area contributed by atoms with Gasteiger partial charge in [-0.1, -0.05) is 0 Å². The third-order valence-electron chi connectivity index (χ3n) is 0. The molecule has 0 unspecified atom stereocenters. The van der Waals surface area contributed by atoms with Crippen LogP contribution >= 0.6 is 0 Å². The van der Waals surface area contributed by atoms with E-state index in [1.165, 1.54) is 0 Å². The van der Waals surface area contributed by atoms with E-state index >= 15 is 0 Å². The van der Waals surface area contributed by atoms with Crippen molar-refractivity contribution in [2.75, 3.05) is 0 Å². The Balaban J connectivity index is -0.0000000267. The zero-order valence-corrected chi connectivity index (χ0v) is 5.10. The van der Waals surface area contributed by atoms with Crippen LogP contribution in [0.1, 0.15) is 1.43 Å². The number of hydrogen-bond donors (Lipinski definition) is 0. The Hall–Kier alpha value is 0.987. The minimum Gasteiger partial charge on any atom is -1.00 e. The van der Waals surface area contributed by atoms with Gasteiger partial charge in [0.05, 0.1) is 0 Å². The van der Waals surface area contributed by atoms with Gasteiger partial charge in [-0.3, -0.25) is 8.42 Å². The summed E-state index contributed by atoms with van der Waals surface area (Å²) in [7, 11) is -5.17. The summed E-state index contributed by atoms with van der Waals surface area (Å²) in [5, 5.41) is 0. The Morgan fingerprint density at radius 2 is 1.29 bits per heavy atom. The van der Waals surface area contributed by atoms with Gasteiger partial charge in [0.1, 0.15) is 0 Å². The molecule has 0 aliphatic carbocycles. The standard InChI is InChI=1S/Cu.Li.H2O4S.H/c;;1-5(2,3)4;/h;;(H2,1,2,3,4);/q+2;+1;;-1/p-2. The van der Waals surface area contributed by atoms with Crippen LogP contribution in [0.15, 0.2) is 0 Å². The Morgan fingerprint density at radius 3 is 1.29 bits per heavy atom. The van der Waals surface area contributed by atoms with Gasteiger partial charge < -0.3 is 10.5 Å². The Bertz CT molecular complexity index is 99.2. The first kappa shape index (κ1) is 15.7. The summed E-state index contributed by atoms with van der Waals surface area (Å²) in [4.78, 5) is 0. The normalized spacial score (nSPS) is 8.29. The monoisotopic (exact) mass is 167 g/mol. The molecule has 0 saturated carbocycles. The van der Waals surface area contributed by atoms with Crippen LogP contribution in [-0.4, -0.2) is 17.5 Å². The van der Waals surface area contributed by atoms with E-state index in [0.29, 0.717) is 0 Å². The predicted molar refractivity (Wildman–Crippen MR) is 11.6 cm³/mol. The van der Waals surface area contributed by atoms with Gasteiger partial charge in [0, 0.05) is 10.4 Å². The molecule has 1 radical (unpaired) electrons. The SMILES string of the molecule is O=S(=O)([O-])[O-].[Cu+2].[H-].[Li+]. The summed E-state index contributed by atoms with van der Waals surface area (Å²) in [5.74, 6) is 0. The van der Waals surface area contributed by atoms with Gasteiger partial charge in [-0.05, 0) is 0 Å². The average molecular weight is 168 g/mol. The molecule has 7 heavy (non-hydrogen) atoms. The van der Waals surface area contributed by atoms with Gasteiger partial charge in [-0.25, -0.2) is 0 Å². The van der Waals surface area contributed by atoms with E-state index < -0.39 is 10.4 Å². The molecule has 0 aromatic rings. The van der Waals surface area contributed by atoms with E-state index in [1.54, 1.807) is 0 Å². The maximum atomic E-state index is 8.52. The number of hydrogen-bond acceptors (Lipinski definition) is 4. The smallest absolute Gasteiger partial charge is 1.00 e. The first-order chi connectivity index (χ1) is 2.00. The minimum atomic E-state index is -5.17. The van der Waals surface area contributed by atoms with Gasteiger partial charge in [0.15, 0.2) is 0 Å². The predicted octanol–water partition coefficient (Wildman–Crippen LogP) is -4.22. The van der Waals surface area contributed by atoms with E-state index in [4.69, 9.17) is 17.5 Å². The summed E-state index contributed by atoms with van der Waals surface area (Å²) in [6.07, 6.45) is 0. The van der Waals surface area contributed by atoms with Gasteiger partial charge >= 0.3 is 35.9 Å². The quantitative estimate of drug-likeness (QED) is 0.208. The average Bonchev–Trinajstić information content (AvgIpc) is 0.722. The second-order valence-corrected chi connectivity index (χ2v) is 1.22. The molecule has 0 aliphatic heterocycles. The largest absolute Gasteiger partial charge is 2.00 e. The molecule has 0 atom stereocenters. The van der Waals surface area contributed by atoms with Crippen molar-refractivity contribution in [3.8, 4) is 0 Å². The van der Waals surface area contributed by atoms with Gasteiger partial charge in [0.2, 0.25) is 0 Å². The molecule has 0 aromatic carbocycles. The van der Waals surface area contributed by atoms with Crippen LogP contribution in [0, 0.1) is 0 Å². The molecule has 0 saturated heterocycles. The molecule has 0 bridgehead atoms. The van der Waals surface area contributed by atoms with Crippen LogP contribution in [0.25, 0.3) is 0 Å². The van der Waals surface area contributed by atoms with Crippen molar-refractivity contribution in [2.24, 2.45) is 0 Å². The Labute approximate surface area is 65.4 Å². The molecular weight excluding hydrogens is 167 g/mol.